The second kappa shape index (κ2) is 5.85. The first-order valence-corrected chi connectivity index (χ1v) is 7.15. The van der Waals surface area contributed by atoms with Gasteiger partial charge in [-0.25, -0.2) is 4.39 Å². The number of para-hydroxylation sites is 1. The van der Waals surface area contributed by atoms with Gasteiger partial charge in [-0.05, 0) is 43.9 Å². The molecule has 0 aliphatic heterocycles. The van der Waals surface area contributed by atoms with Crippen molar-refractivity contribution in [3.8, 4) is 17.1 Å². The summed E-state index contributed by atoms with van der Waals surface area (Å²) in [6.45, 7) is 0.388. The highest BCUT2D eigenvalue weighted by Crippen LogP contribution is 2.30. The van der Waals surface area contributed by atoms with Gasteiger partial charge in [0.2, 0.25) is 5.43 Å². The molecule has 3 aromatic rings. The van der Waals surface area contributed by atoms with Crippen molar-refractivity contribution in [1.29, 1.82) is 0 Å². The Labute approximate surface area is 132 Å². The van der Waals surface area contributed by atoms with E-state index < -0.39 is 5.95 Å². The third-order valence-corrected chi connectivity index (χ3v) is 3.60. The lowest BCUT2D eigenvalue weighted by atomic mass is 10.0. The summed E-state index contributed by atoms with van der Waals surface area (Å²) in [5.41, 5.74) is 0.893. The third kappa shape index (κ3) is 2.83. The molecular weight excluding hydrogens is 297 g/mol. The van der Waals surface area contributed by atoms with Gasteiger partial charge in [0.1, 0.15) is 17.0 Å². The predicted octanol–water partition coefficient (Wildman–Crippen LogP) is 3.37. The Hall–Kier alpha value is -2.66. The Balaban J connectivity index is 2.23. The molecule has 1 heterocycles. The normalized spacial score (nSPS) is 11.3. The molecule has 0 aliphatic rings. The van der Waals surface area contributed by atoms with Gasteiger partial charge in [0, 0.05) is 12.1 Å². The summed E-state index contributed by atoms with van der Waals surface area (Å²) >= 11 is 0. The zero-order valence-electron chi connectivity index (χ0n) is 12.8. The molecular formula is C18H16FNO3. The van der Waals surface area contributed by atoms with Crippen molar-refractivity contribution in [1.82, 2.24) is 4.90 Å². The van der Waals surface area contributed by atoms with Crippen LogP contribution in [-0.4, -0.2) is 24.1 Å². The van der Waals surface area contributed by atoms with Gasteiger partial charge < -0.3 is 14.4 Å². The number of benzene rings is 2. The first kappa shape index (κ1) is 15.2. The molecule has 4 nitrogen and oxygen atoms in total. The molecule has 0 unspecified atom stereocenters. The molecule has 0 aliphatic carbocycles. The van der Waals surface area contributed by atoms with Crippen molar-refractivity contribution in [3.05, 3.63) is 64.1 Å². The van der Waals surface area contributed by atoms with Crippen molar-refractivity contribution in [2.75, 3.05) is 14.1 Å². The summed E-state index contributed by atoms with van der Waals surface area (Å²) < 4.78 is 19.2. The summed E-state index contributed by atoms with van der Waals surface area (Å²) in [6, 6.07) is 11.0. The maximum atomic E-state index is 13.9. The first-order valence-electron chi connectivity index (χ1n) is 7.15. The molecule has 118 valence electrons. The minimum absolute atomic E-state index is 0.0451. The molecule has 2 aromatic carbocycles. The average Bonchev–Trinajstić information content (AvgIpc) is 2.50. The average molecular weight is 313 g/mol. The Morgan fingerprint density at radius 2 is 1.91 bits per heavy atom. The largest absolute Gasteiger partial charge is 0.480 e. The Bertz CT molecular complexity index is 931. The molecule has 23 heavy (non-hydrogen) atoms. The van der Waals surface area contributed by atoms with Gasteiger partial charge in [0.05, 0.1) is 5.39 Å². The monoisotopic (exact) mass is 313 g/mol. The summed E-state index contributed by atoms with van der Waals surface area (Å²) in [4.78, 5) is 14.5. The van der Waals surface area contributed by atoms with Gasteiger partial charge in [-0.1, -0.05) is 18.2 Å². The summed E-state index contributed by atoms with van der Waals surface area (Å²) in [7, 11) is 3.65. The molecule has 1 aromatic heterocycles. The van der Waals surface area contributed by atoms with Crippen LogP contribution in [0.1, 0.15) is 5.56 Å². The second-order valence-corrected chi connectivity index (χ2v) is 5.65. The zero-order chi connectivity index (χ0) is 16.6. The molecule has 1 N–H and O–H groups in total. The molecule has 0 saturated heterocycles. The number of hydrogen-bond acceptors (Lipinski definition) is 4. The standard InChI is InChI=1S/C18H16FNO3/c1-20(2)10-12-9-11(7-8-14(12)19)16-17(21)13-5-3-4-6-15(13)23-18(16)22/h3-9,22H,10H2,1-2H3. The van der Waals surface area contributed by atoms with Gasteiger partial charge in [-0.15, -0.1) is 0 Å². The van der Waals surface area contributed by atoms with Crippen LogP contribution < -0.4 is 5.43 Å². The van der Waals surface area contributed by atoms with Crippen LogP contribution in [-0.2, 0) is 6.54 Å². The Morgan fingerprint density at radius 1 is 1.17 bits per heavy atom. The van der Waals surface area contributed by atoms with E-state index in [0.717, 1.165) is 0 Å². The van der Waals surface area contributed by atoms with Gasteiger partial charge in [0.25, 0.3) is 5.95 Å². The van der Waals surface area contributed by atoms with Gasteiger partial charge >= 0.3 is 0 Å². The van der Waals surface area contributed by atoms with Crippen LogP contribution in [0.4, 0.5) is 4.39 Å². The number of halogens is 1. The van der Waals surface area contributed by atoms with Crippen LogP contribution in [0.25, 0.3) is 22.1 Å². The van der Waals surface area contributed by atoms with Crippen LogP contribution in [0.5, 0.6) is 5.95 Å². The van der Waals surface area contributed by atoms with E-state index in [-0.39, 0.29) is 16.8 Å². The molecule has 0 saturated carbocycles. The molecule has 0 amide bonds. The van der Waals surface area contributed by atoms with Gasteiger partial charge in [-0.3, -0.25) is 4.79 Å². The Kier molecular flexibility index (Phi) is 3.88. The number of hydrogen-bond donors (Lipinski definition) is 1. The van der Waals surface area contributed by atoms with E-state index in [2.05, 4.69) is 0 Å². The van der Waals surface area contributed by atoms with E-state index in [1.807, 2.05) is 19.0 Å². The number of aromatic hydroxyl groups is 1. The summed E-state index contributed by atoms with van der Waals surface area (Å²) in [6.07, 6.45) is 0. The molecule has 3 rings (SSSR count). The highest BCUT2D eigenvalue weighted by atomic mass is 19.1. The Morgan fingerprint density at radius 3 is 2.65 bits per heavy atom. The van der Waals surface area contributed by atoms with Crippen LogP contribution in [0.2, 0.25) is 0 Å². The van der Waals surface area contributed by atoms with E-state index in [9.17, 15) is 14.3 Å². The summed E-state index contributed by atoms with van der Waals surface area (Å²) in [5, 5.41) is 10.5. The van der Waals surface area contributed by atoms with Crippen molar-refractivity contribution >= 4 is 11.0 Å². The lowest BCUT2D eigenvalue weighted by molar-refractivity contribution is 0.342. The van der Waals surface area contributed by atoms with E-state index >= 15 is 0 Å². The fourth-order valence-corrected chi connectivity index (χ4v) is 2.58. The highest BCUT2D eigenvalue weighted by Gasteiger charge is 2.17. The van der Waals surface area contributed by atoms with E-state index in [1.54, 1.807) is 30.3 Å². The topological polar surface area (TPSA) is 53.7 Å². The van der Waals surface area contributed by atoms with Crippen LogP contribution in [0, 0.1) is 5.82 Å². The lowest BCUT2D eigenvalue weighted by Gasteiger charge is -2.12. The van der Waals surface area contributed by atoms with Crippen molar-refractivity contribution < 1.29 is 13.9 Å². The van der Waals surface area contributed by atoms with Gasteiger partial charge in [0.15, 0.2) is 0 Å². The van der Waals surface area contributed by atoms with E-state index in [1.165, 1.54) is 12.1 Å². The summed E-state index contributed by atoms with van der Waals surface area (Å²) in [5.74, 6) is -0.816. The number of rotatable bonds is 3. The fraction of sp³-hybridized carbons (Fsp3) is 0.167. The second-order valence-electron chi connectivity index (χ2n) is 5.65. The lowest BCUT2D eigenvalue weighted by Crippen LogP contribution is -2.12. The molecule has 0 fully saturated rings. The molecule has 0 spiro atoms. The molecule has 0 bridgehead atoms. The number of nitrogens with zero attached hydrogens (tertiary/aromatic N) is 1. The smallest absolute Gasteiger partial charge is 0.294 e. The van der Waals surface area contributed by atoms with Crippen molar-refractivity contribution in [2.24, 2.45) is 0 Å². The van der Waals surface area contributed by atoms with Crippen LogP contribution in [0.15, 0.2) is 51.7 Å². The fourth-order valence-electron chi connectivity index (χ4n) is 2.58. The SMILES string of the molecule is CN(C)Cc1cc(-c2c(O)oc3ccccc3c2=O)ccc1F. The molecule has 0 atom stereocenters. The predicted molar refractivity (Wildman–Crippen MR) is 86.9 cm³/mol. The van der Waals surface area contributed by atoms with E-state index in [4.69, 9.17) is 4.42 Å². The van der Waals surface area contributed by atoms with E-state index in [0.29, 0.717) is 28.6 Å². The molecule has 5 heteroatoms. The van der Waals surface area contributed by atoms with Crippen molar-refractivity contribution in [2.45, 2.75) is 6.54 Å². The maximum absolute atomic E-state index is 13.9. The zero-order valence-corrected chi connectivity index (χ0v) is 12.8. The maximum Gasteiger partial charge on any atom is 0.294 e. The molecule has 0 radical (unpaired) electrons. The third-order valence-electron chi connectivity index (χ3n) is 3.60. The minimum Gasteiger partial charge on any atom is -0.480 e. The first-order chi connectivity index (χ1) is 11.0. The van der Waals surface area contributed by atoms with Crippen LogP contribution in [0.3, 0.4) is 0 Å². The van der Waals surface area contributed by atoms with Gasteiger partial charge in [-0.2, -0.15) is 0 Å². The minimum atomic E-state index is -0.462. The van der Waals surface area contributed by atoms with Crippen molar-refractivity contribution in [3.63, 3.8) is 0 Å². The highest BCUT2D eigenvalue weighted by molar-refractivity contribution is 5.83. The van der Waals surface area contributed by atoms with Crippen LogP contribution >= 0.6 is 0 Å². The quantitative estimate of drug-likeness (QED) is 0.805. The number of fused-ring (bicyclic) bond motifs is 1.